The molecule has 1 aromatic heterocycles. The minimum atomic E-state index is -1.02. The predicted molar refractivity (Wildman–Crippen MR) is 102 cm³/mol. The van der Waals surface area contributed by atoms with Gasteiger partial charge in [-0.2, -0.15) is 5.10 Å². The van der Waals surface area contributed by atoms with Gasteiger partial charge in [0.25, 0.3) is 0 Å². The van der Waals surface area contributed by atoms with Crippen LogP contribution in [0.25, 0.3) is 0 Å². The van der Waals surface area contributed by atoms with E-state index in [1.54, 1.807) is 11.7 Å². The van der Waals surface area contributed by atoms with E-state index in [0.29, 0.717) is 16.3 Å². The quantitative estimate of drug-likeness (QED) is 0.630. The Bertz CT molecular complexity index is 862. The number of hydrogen-bond donors (Lipinski definition) is 1. The van der Waals surface area contributed by atoms with Gasteiger partial charge in [0.05, 0.1) is 5.71 Å². The van der Waals surface area contributed by atoms with Gasteiger partial charge in [0.1, 0.15) is 0 Å². The molecule has 0 bridgehead atoms. The molecule has 0 aliphatic rings. The molecule has 0 aliphatic heterocycles. The van der Waals surface area contributed by atoms with Crippen molar-refractivity contribution in [2.75, 3.05) is 0 Å². The highest BCUT2D eigenvalue weighted by Gasteiger charge is 2.22. The maximum atomic E-state index is 11.8. The highest BCUT2D eigenvalue weighted by molar-refractivity contribution is 9.10. The molecular formula is C19H17BrN4O2. The molecule has 132 valence electrons. The van der Waals surface area contributed by atoms with Crippen molar-refractivity contribution in [2.24, 2.45) is 12.0 Å². The van der Waals surface area contributed by atoms with Crippen LogP contribution in [-0.4, -0.2) is 37.6 Å². The van der Waals surface area contributed by atoms with Gasteiger partial charge in [0, 0.05) is 24.6 Å². The summed E-state index contributed by atoms with van der Waals surface area (Å²) in [6.45, 7) is 0. The molecule has 26 heavy (non-hydrogen) atoms. The number of carbonyl (C=O) groups is 1. The summed E-state index contributed by atoms with van der Waals surface area (Å²) < 4.78 is 2.10. The summed E-state index contributed by atoms with van der Waals surface area (Å²) in [5.41, 5.74) is 2.36. The molecule has 0 radical (unpaired) electrons. The minimum absolute atomic E-state index is 0.109. The summed E-state index contributed by atoms with van der Waals surface area (Å²) in [5, 5.41) is 13.9. The first-order chi connectivity index (χ1) is 12.5. The van der Waals surface area contributed by atoms with Crippen LogP contribution in [0.3, 0.4) is 0 Å². The van der Waals surface area contributed by atoms with Crippen LogP contribution < -0.4 is 0 Å². The minimum Gasteiger partial charge on any atom is -0.480 e. The molecular weight excluding hydrogens is 396 g/mol. The molecule has 0 unspecified atom stereocenters. The van der Waals surface area contributed by atoms with Gasteiger partial charge in [-0.05, 0) is 15.9 Å². The second-order valence-corrected chi connectivity index (χ2v) is 6.40. The summed E-state index contributed by atoms with van der Waals surface area (Å²) in [5.74, 6) is -0.589. The van der Waals surface area contributed by atoms with Gasteiger partial charge in [0.15, 0.2) is 16.6 Å². The van der Waals surface area contributed by atoms with Gasteiger partial charge >= 0.3 is 5.97 Å². The van der Waals surface area contributed by atoms with Crippen LogP contribution in [0.5, 0.6) is 0 Å². The highest BCUT2D eigenvalue weighted by Crippen LogP contribution is 2.15. The summed E-state index contributed by atoms with van der Waals surface area (Å²) in [6.07, 6.45) is 0.109. The van der Waals surface area contributed by atoms with Crippen molar-refractivity contribution in [3.05, 3.63) is 82.3 Å². The number of halogens is 1. The normalized spacial score (nSPS) is 11.8. The SMILES string of the molecule is Cn1nc(C[C@H](N=C(c2ccccc2)c2ccccc2)C(=O)O)nc1Br. The summed E-state index contributed by atoms with van der Waals surface area (Å²) in [6, 6.07) is 18.1. The molecule has 0 saturated heterocycles. The first kappa shape index (κ1) is 18.0. The molecule has 3 rings (SSSR count). The fraction of sp³-hybridized carbons (Fsp3) is 0.158. The Morgan fingerprint density at radius 2 is 1.65 bits per heavy atom. The van der Waals surface area contributed by atoms with E-state index in [1.807, 2.05) is 60.7 Å². The van der Waals surface area contributed by atoms with Crippen molar-refractivity contribution in [1.29, 1.82) is 0 Å². The van der Waals surface area contributed by atoms with Gasteiger partial charge in [-0.3, -0.25) is 4.99 Å². The molecule has 7 heteroatoms. The summed E-state index contributed by atoms with van der Waals surface area (Å²) in [7, 11) is 1.74. The van der Waals surface area contributed by atoms with Crippen molar-refractivity contribution in [1.82, 2.24) is 14.8 Å². The first-order valence-corrected chi connectivity index (χ1v) is 8.81. The monoisotopic (exact) mass is 412 g/mol. The number of hydrogen-bond acceptors (Lipinski definition) is 4. The van der Waals surface area contributed by atoms with Gasteiger partial charge in [-0.15, -0.1) is 0 Å². The van der Waals surface area contributed by atoms with Crippen molar-refractivity contribution in [3.63, 3.8) is 0 Å². The van der Waals surface area contributed by atoms with Crippen molar-refractivity contribution in [2.45, 2.75) is 12.5 Å². The van der Waals surface area contributed by atoms with Crippen LogP contribution in [0.4, 0.5) is 0 Å². The zero-order chi connectivity index (χ0) is 18.5. The highest BCUT2D eigenvalue weighted by atomic mass is 79.9. The van der Waals surface area contributed by atoms with Crippen LogP contribution in [0.15, 0.2) is 70.4 Å². The van der Waals surface area contributed by atoms with Gasteiger partial charge in [-0.25, -0.2) is 14.5 Å². The molecule has 0 fully saturated rings. The number of carboxylic acids is 1. The molecule has 0 aliphatic carbocycles. The molecule has 0 amide bonds. The molecule has 1 heterocycles. The number of aromatic nitrogens is 3. The second-order valence-electron chi connectivity index (χ2n) is 5.69. The lowest BCUT2D eigenvalue weighted by Gasteiger charge is -2.12. The van der Waals surface area contributed by atoms with Crippen LogP contribution in [0.2, 0.25) is 0 Å². The molecule has 2 aromatic carbocycles. The summed E-state index contributed by atoms with van der Waals surface area (Å²) in [4.78, 5) is 20.6. The standard InChI is InChI=1S/C19H17BrN4O2/c1-24-19(20)22-16(23-24)12-15(18(25)26)21-17(13-8-4-2-5-9-13)14-10-6-3-7-11-14/h2-11,15H,12H2,1H3,(H,25,26)/t15-/m0/s1. The summed E-state index contributed by atoms with van der Waals surface area (Å²) >= 11 is 3.27. The maximum Gasteiger partial charge on any atom is 0.328 e. The lowest BCUT2D eigenvalue weighted by atomic mass is 10.0. The van der Waals surface area contributed by atoms with Gasteiger partial charge < -0.3 is 5.11 Å². The molecule has 1 N–H and O–H groups in total. The third-order valence-electron chi connectivity index (χ3n) is 3.79. The number of benzene rings is 2. The molecule has 0 spiro atoms. The number of aliphatic carboxylic acids is 1. The molecule has 0 saturated carbocycles. The maximum absolute atomic E-state index is 11.8. The number of aliphatic imine (C=N–C) groups is 1. The Hall–Kier alpha value is -2.80. The molecule has 3 aromatic rings. The molecule has 1 atom stereocenters. The van der Waals surface area contributed by atoms with E-state index in [4.69, 9.17) is 0 Å². The number of nitrogens with zero attached hydrogens (tertiary/aromatic N) is 4. The second kappa shape index (κ2) is 8.05. The van der Waals surface area contributed by atoms with E-state index in [2.05, 4.69) is 31.0 Å². The fourth-order valence-corrected chi connectivity index (χ4v) is 2.81. The van der Waals surface area contributed by atoms with Gasteiger partial charge in [-0.1, -0.05) is 60.7 Å². The average molecular weight is 413 g/mol. The van der Waals surface area contributed by atoms with E-state index >= 15 is 0 Å². The van der Waals surface area contributed by atoms with Crippen LogP contribution in [0, 0.1) is 0 Å². The van der Waals surface area contributed by atoms with E-state index < -0.39 is 12.0 Å². The first-order valence-electron chi connectivity index (χ1n) is 8.01. The van der Waals surface area contributed by atoms with E-state index in [1.165, 1.54) is 0 Å². The van der Waals surface area contributed by atoms with E-state index in [-0.39, 0.29) is 6.42 Å². The number of rotatable bonds is 6. The Morgan fingerprint density at radius 3 is 2.08 bits per heavy atom. The Morgan fingerprint density at radius 1 is 1.12 bits per heavy atom. The fourth-order valence-electron chi connectivity index (χ4n) is 2.53. The van der Waals surface area contributed by atoms with Crippen molar-refractivity contribution < 1.29 is 9.90 Å². The topological polar surface area (TPSA) is 80.4 Å². The number of carboxylic acid groups (broad SMARTS) is 1. The Balaban J connectivity index is 2.02. The Labute approximate surface area is 159 Å². The number of aryl methyl sites for hydroxylation is 1. The lowest BCUT2D eigenvalue weighted by Crippen LogP contribution is -2.24. The average Bonchev–Trinajstić information content (AvgIpc) is 2.97. The largest absolute Gasteiger partial charge is 0.480 e. The van der Waals surface area contributed by atoms with Crippen LogP contribution >= 0.6 is 15.9 Å². The van der Waals surface area contributed by atoms with E-state index in [0.717, 1.165) is 11.1 Å². The zero-order valence-electron chi connectivity index (χ0n) is 14.1. The Kier molecular flexibility index (Phi) is 5.58. The van der Waals surface area contributed by atoms with Crippen LogP contribution in [-0.2, 0) is 18.3 Å². The molecule has 6 nitrogen and oxygen atoms in total. The van der Waals surface area contributed by atoms with Gasteiger partial charge in [0.2, 0.25) is 0 Å². The third kappa shape index (κ3) is 4.23. The van der Waals surface area contributed by atoms with Crippen molar-refractivity contribution in [3.8, 4) is 0 Å². The van der Waals surface area contributed by atoms with Crippen LogP contribution in [0.1, 0.15) is 17.0 Å². The smallest absolute Gasteiger partial charge is 0.328 e. The van der Waals surface area contributed by atoms with Crippen molar-refractivity contribution >= 4 is 27.6 Å². The van der Waals surface area contributed by atoms with E-state index in [9.17, 15) is 9.90 Å². The lowest BCUT2D eigenvalue weighted by molar-refractivity contribution is -0.138. The predicted octanol–water partition coefficient (Wildman–Crippen LogP) is 3.11. The third-order valence-corrected chi connectivity index (χ3v) is 4.48. The zero-order valence-corrected chi connectivity index (χ0v) is 15.7.